The molecule has 0 saturated carbocycles. The van der Waals surface area contributed by atoms with Gasteiger partial charge in [-0.1, -0.05) is 15.9 Å². The van der Waals surface area contributed by atoms with Crippen molar-refractivity contribution < 1.29 is 13.8 Å². The fraction of sp³-hybridized carbons (Fsp3) is 0.444. The third-order valence-electron chi connectivity index (χ3n) is 1.93. The van der Waals surface area contributed by atoms with E-state index in [1.807, 2.05) is 0 Å². The number of hydrogen-bond donors (Lipinski definition) is 0. The van der Waals surface area contributed by atoms with Crippen molar-refractivity contribution in [2.75, 3.05) is 13.3 Å². The summed E-state index contributed by atoms with van der Waals surface area (Å²) >= 11 is 3.26. The molecule has 0 aliphatic carbocycles. The maximum atomic E-state index is 12.1. The zero-order valence-electron chi connectivity index (χ0n) is 8.86. The first-order chi connectivity index (χ1) is 6.88. The molecular weight excluding hydrogens is 281 g/mol. The van der Waals surface area contributed by atoms with Crippen LogP contribution < -0.4 is 10.2 Å². The topological polar surface area (TPSA) is 53.2 Å². The molecule has 1 aromatic heterocycles. The molecule has 0 aliphatic heterocycles. The zero-order chi connectivity index (χ0) is 11.6. The second kappa shape index (κ2) is 4.64. The molecule has 0 spiro atoms. The predicted molar refractivity (Wildman–Crippen MR) is 62.6 cm³/mol. The van der Waals surface area contributed by atoms with Crippen LogP contribution in [0, 0.1) is 12.1 Å². The highest BCUT2D eigenvalue weighted by molar-refractivity contribution is 9.10. The molecule has 84 valence electrons. The lowest BCUT2D eigenvalue weighted by Crippen LogP contribution is -2.46. The van der Waals surface area contributed by atoms with Gasteiger partial charge < -0.3 is 9.73 Å². The van der Waals surface area contributed by atoms with E-state index in [1.54, 1.807) is 19.9 Å². The van der Waals surface area contributed by atoms with E-state index >= 15 is 0 Å². The molecule has 0 bridgehead atoms. The van der Waals surface area contributed by atoms with Gasteiger partial charge in [0.15, 0.2) is 5.69 Å². The molecule has 4 nitrogen and oxygen atoms in total. The van der Waals surface area contributed by atoms with Gasteiger partial charge in [-0.2, -0.15) is 4.73 Å². The van der Waals surface area contributed by atoms with Crippen LogP contribution in [-0.2, 0) is 9.09 Å². The van der Waals surface area contributed by atoms with Crippen LogP contribution >= 0.6 is 23.3 Å². The van der Waals surface area contributed by atoms with Gasteiger partial charge in [0, 0.05) is 30.2 Å². The number of rotatable bonds is 3. The first-order valence-corrected chi connectivity index (χ1v) is 7.37. The number of pyridine rings is 1. The summed E-state index contributed by atoms with van der Waals surface area (Å²) in [5.74, 6) is 0. The predicted octanol–water partition coefficient (Wildman–Crippen LogP) is 1.96. The van der Waals surface area contributed by atoms with E-state index < -0.39 is 7.37 Å². The second-order valence-electron chi connectivity index (χ2n) is 3.23. The first kappa shape index (κ1) is 12.7. The van der Waals surface area contributed by atoms with Crippen LogP contribution in [0.3, 0.4) is 0 Å². The highest BCUT2D eigenvalue weighted by Gasteiger charge is 2.29. The van der Waals surface area contributed by atoms with E-state index in [-0.39, 0.29) is 5.44 Å². The fourth-order valence-electron chi connectivity index (χ4n) is 1.26. The van der Waals surface area contributed by atoms with Gasteiger partial charge in [0.1, 0.15) is 0 Å². The van der Waals surface area contributed by atoms with Gasteiger partial charge in [-0.25, -0.2) is 0 Å². The molecule has 1 unspecified atom stereocenters. The van der Waals surface area contributed by atoms with E-state index in [0.29, 0.717) is 17.0 Å². The van der Waals surface area contributed by atoms with Crippen molar-refractivity contribution in [2.45, 2.75) is 13.8 Å². The maximum Gasteiger partial charge on any atom is 0.293 e. The number of halogens is 1. The van der Waals surface area contributed by atoms with E-state index in [1.165, 1.54) is 12.7 Å². The van der Waals surface area contributed by atoms with Gasteiger partial charge >= 0.3 is 0 Å². The molecule has 0 fully saturated rings. The molecule has 1 atom stereocenters. The molecule has 0 N–H and O–H groups in total. The van der Waals surface area contributed by atoms with Crippen molar-refractivity contribution in [2.24, 2.45) is 0 Å². The monoisotopic (exact) mass is 293 g/mol. The summed E-state index contributed by atoms with van der Waals surface area (Å²) in [5.41, 5.74) is 0.664. The minimum atomic E-state index is -3.02. The lowest BCUT2D eigenvalue weighted by molar-refractivity contribution is -0.593. The number of aromatic nitrogens is 1. The summed E-state index contributed by atoms with van der Waals surface area (Å²) in [6.45, 7) is 5.18. The fourth-order valence-corrected chi connectivity index (χ4v) is 3.47. The summed E-state index contributed by atoms with van der Waals surface area (Å²) in [7, 11) is -3.02. The Labute approximate surface area is 97.4 Å². The molecule has 15 heavy (non-hydrogen) atoms. The average Bonchev–Trinajstić information content (AvgIpc) is 2.11. The molecule has 1 heterocycles. The summed E-state index contributed by atoms with van der Waals surface area (Å²) in [5, 5.41) is 11.7. The van der Waals surface area contributed by atoms with Gasteiger partial charge in [-0.05, 0) is 6.92 Å². The van der Waals surface area contributed by atoms with E-state index in [2.05, 4.69) is 15.9 Å². The third kappa shape index (κ3) is 2.80. The molecule has 0 aliphatic rings. The Morgan fingerprint density at radius 1 is 1.60 bits per heavy atom. The number of nitrogens with zero attached hydrogens (tertiary/aromatic N) is 1. The molecule has 6 heteroatoms. The Bertz CT molecular complexity index is 422. The Morgan fingerprint density at radius 3 is 2.73 bits per heavy atom. The SMILES string of the molecule is CCOP(C)(=O)c1cc(Br)cc(C)[n+]1[O-]. The molecule has 0 aromatic carbocycles. The van der Waals surface area contributed by atoms with Crippen LogP contribution in [0.4, 0.5) is 0 Å². The van der Waals surface area contributed by atoms with Crippen molar-refractivity contribution in [3.8, 4) is 0 Å². The minimum Gasteiger partial charge on any atom is -0.618 e. The highest BCUT2D eigenvalue weighted by atomic mass is 79.9. The van der Waals surface area contributed by atoms with Crippen LogP contribution in [0.1, 0.15) is 12.6 Å². The van der Waals surface area contributed by atoms with Crippen molar-refractivity contribution in [3.63, 3.8) is 0 Å². The van der Waals surface area contributed by atoms with Crippen LogP contribution in [0.2, 0.25) is 0 Å². The Morgan fingerprint density at radius 2 is 2.20 bits per heavy atom. The van der Waals surface area contributed by atoms with E-state index in [0.717, 1.165) is 4.47 Å². The first-order valence-electron chi connectivity index (χ1n) is 4.51. The Kier molecular flexibility index (Phi) is 3.93. The minimum absolute atomic E-state index is 0.177. The normalized spacial score (nSPS) is 14.9. The molecule has 0 saturated heterocycles. The quantitative estimate of drug-likeness (QED) is 0.486. The molecule has 0 amide bonds. The molecular formula is C9H13BrNO3P. The lowest BCUT2D eigenvalue weighted by atomic mass is 10.4. The van der Waals surface area contributed by atoms with Gasteiger partial charge in [-0.15, -0.1) is 0 Å². The van der Waals surface area contributed by atoms with Crippen molar-refractivity contribution in [3.05, 3.63) is 27.5 Å². The molecule has 1 rings (SSSR count). The lowest BCUT2D eigenvalue weighted by Gasteiger charge is -2.13. The van der Waals surface area contributed by atoms with Crippen molar-refractivity contribution in [1.82, 2.24) is 0 Å². The van der Waals surface area contributed by atoms with Gasteiger partial charge in [-0.3, -0.25) is 4.57 Å². The smallest absolute Gasteiger partial charge is 0.293 e. The molecule has 1 aromatic rings. The zero-order valence-corrected chi connectivity index (χ0v) is 11.3. The van der Waals surface area contributed by atoms with Crippen LogP contribution in [0.5, 0.6) is 0 Å². The van der Waals surface area contributed by atoms with E-state index in [9.17, 15) is 9.77 Å². The Hall–Kier alpha value is -0.380. The number of hydrogen-bond acceptors (Lipinski definition) is 3. The number of aryl methyl sites for hydroxylation is 1. The van der Waals surface area contributed by atoms with Gasteiger partial charge in [0.2, 0.25) is 0 Å². The molecule has 0 radical (unpaired) electrons. The van der Waals surface area contributed by atoms with Gasteiger partial charge in [0.05, 0.1) is 6.61 Å². The average molecular weight is 294 g/mol. The Balaban J connectivity index is 3.31. The third-order valence-corrected chi connectivity index (χ3v) is 4.29. The van der Waals surface area contributed by atoms with Crippen molar-refractivity contribution >= 4 is 28.7 Å². The maximum absolute atomic E-state index is 12.1. The second-order valence-corrected chi connectivity index (χ2v) is 6.55. The van der Waals surface area contributed by atoms with Crippen LogP contribution in [0.15, 0.2) is 16.6 Å². The largest absolute Gasteiger partial charge is 0.618 e. The summed E-state index contributed by atoms with van der Waals surface area (Å²) in [6.07, 6.45) is 0. The van der Waals surface area contributed by atoms with Crippen LogP contribution in [0.25, 0.3) is 0 Å². The highest BCUT2D eigenvalue weighted by Crippen LogP contribution is 2.40. The van der Waals surface area contributed by atoms with Gasteiger partial charge in [0.25, 0.3) is 12.8 Å². The van der Waals surface area contributed by atoms with Crippen LogP contribution in [-0.4, -0.2) is 13.3 Å². The summed E-state index contributed by atoms with van der Waals surface area (Å²) in [4.78, 5) is 0. The standard InChI is InChI=1S/C9H13BrNO3P/c1-4-14-15(3,13)9-6-8(10)5-7(2)11(9)12/h5-6H,4H2,1-3H3. The summed E-state index contributed by atoms with van der Waals surface area (Å²) in [6, 6.07) is 3.21. The van der Waals surface area contributed by atoms with Crippen molar-refractivity contribution in [1.29, 1.82) is 0 Å². The van der Waals surface area contributed by atoms with E-state index in [4.69, 9.17) is 4.52 Å². The summed E-state index contributed by atoms with van der Waals surface area (Å²) < 4.78 is 18.6.